The molecule has 1 amide bonds. The van der Waals surface area contributed by atoms with Crippen LogP contribution in [0.2, 0.25) is 0 Å². The van der Waals surface area contributed by atoms with Crippen molar-refractivity contribution >= 4 is 33.3 Å². The molecule has 2 heterocycles. The van der Waals surface area contributed by atoms with Crippen LogP contribution in [0.1, 0.15) is 16.1 Å². The van der Waals surface area contributed by atoms with Crippen LogP contribution in [0.5, 0.6) is 5.75 Å². The molecule has 132 valence electrons. The first-order chi connectivity index (χ1) is 13.2. The van der Waals surface area contributed by atoms with Gasteiger partial charge in [0, 0.05) is 16.3 Å². The number of anilines is 1. The molecule has 0 unspecified atom stereocenters. The van der Waals surface area contributed by atoms with Gasteiger partial charge in [-0.25, -0.2) is 4.98 Å². The Bertz CT molecular complexity index is 1170. The maximum absolute atomic E-state index is 12.5. The summed E-state index contributed by atoms with van der Waals surface area (Å²) in [4.78, 5) is 16.9. The standard InChI is InChI=1S/C20H13N3O3S/c1-25-16-4-2-3-14-9-17(26-18(14)16)19(24)23-20-22-15(11-27-20)13-7-5-12(10-21)6-8-13/h2-9,11H,1H3,(H,22,23,24). The van der Waals surface area contributed by atoms with Crippen LogP contribution < -0.4 is 10.1 Å². The molecule has 27 heavy (non-hydrogen) atoms. The lowest BCUT2D eigenvalue weighted by molar-refractivity contribution is 0.0998. The van der Waals surface area contributed by atoms with E-state index in [-0.39, 0.29) is 11.7 Å². The molecule has 2 aromatic carbocycles. The first-order valence-corrected chi connectivity index (χ1v) is 8.90. The molecule has 0 saturated carbocycles. The molecular formula is C20H13N3O3S. The number of nitrogens with one attached hydrogen (secondary N) is 1. The van der Waals surface area contributed by atoms with Crippen molar-refractivity contribution in [3.05, 3.63) is 65.2 Å². The second-order valence-corrected chi connectivity index (χ2v) is 6.53. The van der Waals surface area contributed by atoms with Gasteiger partial charge in [0.15, 0.2) is 22.2 Å². The lowest BCUT2D eigenvalue weighted by Gasteiger charge is -1.99. The number of nitrogens with zero attached hydrogens (tertiary/aromatic N) is 2. The lowest BCUT2D eigenvalue weighted by Crippen LogP contribution is -2.10. The van der Waals surface area contributed by atoms with Crippen molar-refractivity contribution in [2.24, 2.45) is 0 Å². The Morgan fingerprint density at radius 3 is 2.81 bits per heavy atom. The Labute approximate surface area is 158 Å². The number of amides is 1. The van der Waals surface area contributed by atoms with E-state index in [4.69, 9.17) is 14.4 Å². The fraction of sp³-hybridized carbons (Fsp3) is 0.0500. The van der Waals surface area contributed by atoms with Gasteiger partial charge in [0.25, 0.3) is 5.91 Å². The van der Waals surface area contributed by atoms with Gasteiger partial charge in [0.05, 0.1) is 24.4 Å². The number of methoxy groups -OCH3 is 1. The zero-order valence-electron chi connectivity index (χ0n) is 14.2. The van der Waals surface area contributed by atoms with E-state index in [0.29, 0.717) is 22.0 Å². The molecule has 0 aliphatic carbocycles. The molecule has 0 bridgehead atoms. The molecule has 0 atom stereocenters. The summed E-state index contributed by atoms with van der Waals surface area (Å²) in [5.41, 5.74) is 2.72. The second-order valence-electron chi connectivity index (χ2n) is 5.67. The van der Waals surface area contributed by atoms with Crippen LogP contribution in [0.15, 0.2) is 58.3 Å². The molecule has 4 rings (SSSR count). The number of rotatable bonds is 4. The third-order valence-electron chi connectivity index (χ3n) is 3.99. The van der Waals surface area contributed by atoms with Crippen LogP contribution >= 0.6 is 11.3 Å². The number of nitriles is 1. The first kappa shape index (κ1) is 16.8. The van der Waals surface area contributed by atoms with Crippen LogP contribution in [-0.2, 0) is 0 Å². The largest absolute Gasteiger partial charge is 0.493 e. The summed E-state index contributed by atoms with van der Waals surface area (Å²) in [7, 11) is 1.55. The molecule has 4 aromatic rings. The predicted molar refractivity (Wildman–Crippen MR) is 103 cm³/mol. The molecule has 6 nitrogen and oxygen atoms in total. The van der Waals surface area contributed by atoms with E-state index in [1.807, 2.05) is 29.6 Å². The van der Waals surface area contributed by atoms with Gasteiger partial charge in [-0.05, 0) is 24.3 Å². The van der Waals surface area contributed by atoms with Crippen molar-refractivity contribution in [1.82, 2.24) is 4.98 Å². The Morgan fingerprint density at radius 1 is 1.26 bits per heavy atom. The smallest absolute Gasteiger partial charge is 0.293 e. The minimum absolute atomic E-state index is 0.185. The first-order valence-electron chi connectivity index (χ1n) is 8.02. The molecule has 0 spiro atoms. The number of fused-ring (bicyclic) bond motifs is 1. The summed E-state index contributed by atoms with van der Waals surface area (Å²) < 4.78 is 10.9. The van der Waals surface area contributed by atoms with Crippen molar-refractivity contribution in [2.45, 2.75) is 0 Å². The quantitative estimate of drug-likeness (QED) is 0.559. The fourth-order valence-corrected chi connectivity index (χ4v) is 3.36. The number of ether oxygens (including phenoxy) is 1. The second kappa shape index (κ2) is 6.94. The van der Waals surface area contributed by atoms with E-state index in [1.165, 1.54) is 11.3 Å². The summed E-state index contributed by atoms with van der Waals surface area (Å²) >= 11 is 1.32. The van der Waals surface area contributed by atoms with E-state index >= 15 is 0 Å². The topological polar surface area (TPSA) is 88.1 Å². The number of para-hydroxylation sites is 1. The molecule has 0 radical (unpaired) electrons. The molecule has 2 aromatic heterocycles. The highest BCUT2D eigenvalue weighted by Crippen LogP contribution is 2.30. The van der Waals surface area contributed by atoms with Gasteiger partial charge in [-0.15, -0.1) is 11.3 Å². The summed E-state index contributed by atoms with van der Waals surface area (Å²) in [5.74, 6) is 0.377. The Hall–Kier alpha value is -3.63. The van der Waals surface area contributed by atoms with Crippen molar-refractivity contribution in [3.8, 4) is 23.1 Å². The Balaban J connectivity index is 1.55. The highest BCUT2D eigenvalue weighted by Gasteiger charge is 2.16. The Morgan fingerprint density at radius 2 is 2.07 bits per heavy atom. The van der Waals surface area contributed by atoms with E-state index in [9.17, 15) is 4.79 Å². The van der Waals surface area contributed by atoms with Crippen LogP contribution in [0.25, 0.3) is 22.2 Å². The number of thiazole rings is 1. The summed E-state index contributed by atoms with van der Waals surface area (Å²) in [6, 6.07) is 16.3. The van der Waals surface area contributed by atoms with Gasteiger partial charge in [0.1, 0.15) is 0 Å². The third-order valence-corrected chi connectivity index (χ3v) is 4.74. The molecule has 0 fully saturated rings. The lowest BCUT2D eigenvalue weighted by atomic mass is 10.1. The molecule has 0 saturated heterocycles. The molecule has 0 aliphatic rings. The van der Waals surface area contributed by atoms with E-state index in [0.717, 1.165) is 16.6 Å². The number of furan rings is 1. The van der Waals surface area contributed by atoms with Crippen molar-refractivity contribution in [1.29, 1.82) is 5.26 Å². The fourth-order valence-electron chi connectivity index (χ4n) is 2.65. The van der Waals surface area contributed by atoms with Crippen LogP contribution in [-0.4, -0.2) is 18.0 Å². The number of benzene rings is 2. The summed E-state index contributed by atoms with van der Waals surface area (Å²) in [6.07, 6.45) is 0. The maximum Gasteiger partial charge on any atom is 0.293 e. The molecule has 0 aliphatic heterocycles. The predicted octanol–water partition coefficient (Wildman–Crippen LogP) is 4.69. The van der Waals surface area contributed by atoms with Crippen LogP contribution in [0.4, 0.5) is 5.13 Å². The summed E-state index contributed by atoms with van der Waals surface area (Å²) in [5, 5.41) is 14.7. The molecule has 7 heteroatoms. The molecule has 1 N–H and O–H groups in total. The van der Waals surface area contributed by atoms with Crippen molar-refractivity contribution in [3.63, 3.8) is 0 Å². The minimum atomic E-state index is -0.381. The number of carbonyl (C=O) groups is 1. The average molecular weight is 375 g/mol. The highest BCUT2D eigenvalue weighted by atomic mass is 32.1. The normalized spacial score (nSPS) is 10.5. The number of hydrogen-bond donors (Lipinski definition) is 1. The third kappa shape index (κ3) is 3.26. The number of carbonyl (C=O) groups excluding carboxylic acids is 1. The Kier molecular flexibility index (Phi) is 4.32. The van der Waals surface area contributed by atoms with Gasteiger partial charge < -0.3 is 9.15 Å². The SMILES string of the molecule is COc1cccc2cc(C(=O)Nc3nc(-c4ccc(C#N)cc4)cs3)oc12. The highest BCUT2D eigenvalue weighted by molar-refractivity contribution is 7.14. The number of aromatic nitrogens is 1. The molecular weight excluding hydrogens is 362 g/mol. The van der Waals surface area contributed by atoms with Gasteiger partial charge >= 0.3 is 0 Å². The van der Waals surface area contributed by atoms with Gasteiger partial charge in [-0.1, -0.05) is 24.3 Å². The van der Waals surface area contributed by atoms with Gasteiger partial charge in [0.2, 0.25) is 0 Å². The van der Waals surface area contributed by atoms with Crippen LogP contribution in [0.3, 0.4) is 0 Å². The maximum atomic E-state index is 12.5. The van der Waals surface area contributed by atoms with E-state index in [2.05, 4.69) is 16.4 Å². The zero-order chi connectivity index (χ0) is 18.8. The summed E-state index contributed by atoms with van der Waals surface area (Å²) in [6.45, 7) is 0. The zero-order valence-corrected chi connectivity index (χ0v) is 15.0. The van der Waals surface area contributed by atoms with Crippen molar-refractivity contribution in [2.75, 3.05) is 12.4 Å². The average Bonchev–Trinajstić information content (AvgIpc) is 3.34. The van der Waals surface area contributed by atoms with Gasteiger partial charge in [-0.2, -0.15) is 5.26 Å². The van der Waals surface area contributed by atoms with Gasteiger partial charge in [-0.3, -0.25) is 10.1 Å². The van der Waals surface area contributed by atoms with E-state index < -0.39 is 0 Å². The minimum Gasteiger partial charge on any atom is -0.493 e. The number of hydrogen-bond acceptors (Lipinski definition) is 6. The van der Waals surface area contributed by atoms with Crippen LogP contribution in [0, 0.1) is 11.3 Å². The van der Waals surface area contributed by atoms with Crippen molar-refractivity contribution < 1.29 is 13.9 Å². The monoisotopic (exact) mass is 375 g/mol. The van der Waals surface area contributed by atoms with E-state index in [1.54, 1.807) is 31.4 Å².